The van der Waals surface area contributed by atoms with E-state index in [1.165, 1.54) is 16.9 Å². The molecule has 0 fully saturated rings. The van der Waals surface area contributed by atoms with Crippen LogP contribution in [0.3, 0.4) is 0 Å². The van der Waals surface area contributed by atoms with Gasteiger partial charge in [-0.2, -0.15) is 0 Å². The molecule has 29 heavy (non-hydrogen) atoms. The number of hydrogen-bond acceptors (Lipinski definition) is 5. The second-order valence-corrected chi connectivity index (χ2v) is 7.95. The third-order valence-electron chi connectivity index (χ3n) is 4.56. The summed E-state index contributed by atoms with van der Waals surface area (Å²) in [7, 11) is 0. The molecule has 7 heteroatoms. The number of anilines is 1. The fraction of sp³-hybridized carbons (Fsp3) is 0.136. The molecule has 0 aliphatic heterocycles. The topological polar surface area (TPSA) is 67.2 Å². The number of oxazole rings is 1. The van der Waals surface area contributed by atoms with E-state index in [9.17, 15) is 4.79 Å². The highest BCUT2D eigenvalue weighted by Crippen LogP contribution is 2.28. The van der Waals surface area contributed by atoms with E-state index >= 15 is 0 Å². The van der Waals surface area contributed by atoms with E-state index in [0.717, 1.165) is 34.3 Å². The molecular formula is C22H19N3O2S2. The summed E-state index contributed by atoms with van der Waals surface area (Å²) in [6.45, 7) is 4.08. The molecule has 0 spiro atoms. The summed E-state index contributed by atoms with van der Waals surface area (Å²) in [5, 5.41) is 7.90. The van der Waals surface area contributed by atoms with E-state index in [1.807, 2.05) is 54.8 Å². The summed E-state index contributed by atoms with van der Waals surface area (Å²) in [5.74, 6) is 0.321. The number of nitrogens with one attached hydrogen (secondary N) is 2. The standard InChI is InChI=1S/C22H19N3O2S2/c1-3-14-7-9-18-17(11-14)23-21(27-18)15-8-6-13(2)16(12-15)24-22(28)25-20(26)19-5-4-10-29-19/h4-12H,3H2,1-2H3,(H2,24,25,26,28). The zero-order valence-electron chi connectivity index (χ0n) is 16.0. The van der Waals surface area contributed by atoms with Crippen molar-refractivity contribution in [1.82, 2.24) is 10.3 Å². The Kier molecular flexibility index (Phi) is 5.42. The first-order valence-corrected chi connectivity index (χ1v) is 10.5. The summed E-state index contributed by atoms with van der Waals surface area (Å²) >= 11 is 6.67. The molecule has 2 aromatic carbocycles. The van der Waals surface area contributed by atoms with Gasteiger partial charge < -0.3 is 9.73 Å². The number of aromatic nitrogens is 1. The number of hydrogen-bond donors (Lipinski definition) is 2. The van der Waals surface area contributed by atoms with Gasteiger partial charge in [-0.1, -0.05) is 25.1 Å². The van der Waals surface area contributed by atoms with Gasteiger partial charge in [0.2, 0.25) is 5.89 Å². The molecular weight excluding hydrogens is 402 g/mol. The molecule has 2 N–H and O–H groups in total. The molecule has 2 aromatic heterocycles. The van der Waals surface area contributed by atoms with Crippen molar-refractivity contribution in [3.05, 3.63) is 69.9 Å². The molecule has 2 heterocycles. The van der Waals surface area contributed by atoms with Gasteiger partial charge in [-0.15, -0.1) is 11.3 Å². The van der Waals surface area contributed by atoms with Crippen LogP contribution in [0, 0.1) is 6.92 Å². The third kappa shape index (κ3) is 4.21. The van der Waals surface area contributed by atoms with Crippen molar-refractivity contribution in [2.24, 2.45) is 0 Å². The molecule has 0 bridgehead atoms. The Morgan fingerprint density at radius 1 is 1.21 bits per heavy atom. The van der Waals surface area contributed by atoms with Gasteiger partial charge in [-0.05, 0) is 72.4 Å². The van der Waals surface area contributed by atoms with E-state index < -0.39 is 0 Å². The summed E-state index contributed by atoms with van der Waals surface area (Å²) in [6.07, 6.45) is 0.950. The number of rotatable bonds is 4. The maximum absolute atomic E-state index is 12.2. The largest absolute Gasteiger partial charge is 0.436 e. The van der Waals surface area contributed by atoms with Crippen molar-refractivity contribution >= 4 is 51.4 Å². The highest BCUT2D eigenvalue weighted by molar-refractivity contribution is 7.80. The minimum atomic E-state index is -0.225. The SMILES string of the molecule is CCc1ccc2oc(-c3ccc(C)c(NC(=S)NC(=O)c4cccs4)c3)nc2c1. The van der Waals surface area contributed by atoms with E-state index in [2.05, 4.69) is 22.5 Å². The number of fused-ring (bicyclic) bond motifs is 1. The van der Waals surface area contributed by atoms with Crippen molar-refractivity contribution in [1.29, 1.82) is 0 Å². The first-order valence-electron chi connectivity index (χ1n) is 9.20. The van der Waals surface area contributed by atoms with E-state index in [1.54, 1.807) is 6.07 Å². The first-order chi connectivity index (χ1) is 14.0. The molecule has 0 saturated carbocycles. The Hall–Kier alpha value is -3.03. The fourth-order valence-corrected chi connectivity index (χ4v) is 3.75. The van der Waals surface area contributed by atoms with E-state index in [0.29, 0.717) is 10.8 Å². The van der Waals surface area contributed by atoms with Crippen molar-refractivity contribution in [3.8, 4) is 11.5 Å². The molecule has 146 valence electrons. The van der Waals surface area contributed by atoms with Crippen LogP contribution in [0.15, 0.2) is 58.3 Å². The average Bonchev–Trinajstić information content (AvgIpc) is 3.38. The minimum Gasteiger partial charge on any atom is -0.436 e. The lowest BCUT2D eigenvalue weighted by Crippen LogP contribution is -2.33. The average molecular weight is 422 g/mol. The monoisotopic (exact) mass is 421 g/mol. The van der Waals surface area contributed by atoms with Crippen LogP contribution in [-0.2, 0) is 6.42 Å². The number of aryl methyl sites for hydroxylation is 2. The first kappa shape index (κ1) is 19.3. The zero-order chi connectivity index (χ0) is 20.4. The van der Waals surface area contributed by atoms with Crippen molar-refractivity contribution in [2.45, 2.75) is 20.3 Å². The van der Waals surface area contributed by atoms with Gasteiger partial charge in [0, 0.05) is 11.3 Å². The minimum absolute atomic E-state index is 0.225. The predicted octanol–water partition coefficient (Wildman–Crippen LogP) is 5.55. The normalized spacial score (nSPS) is 10.8. The number of thiocarbonyl (C=S) groups is 1. The Morgan fingerprint density at radius 2 is 2.07 bits per heavy atom. The lowest BCUT2D eigenvalue weighted by molar-refractivity contribution is 0.0981. The number of carbonyl (C=O) groups is 1. The molecule has 0 atom stereocenters. The number of thiophene rings is 1. The van der Waals surface area contributed by atoms with Crippen LogP contribution in [0.25, 0.3) is 22.6 Å². The Balaban J connectivity index is 1.56. The second-order valence-electron chi connectivity index (χ2n) is 6.59. The van der Waals surface area contributed by atoms with Crippen molar-refractivity contribution in [3.63, 3.8) is 0 Å². The lowest BCUT2D eigenvalue weighted by Gasteiger charge is -2.12. The van der Waals surface area contributed by atoms with Gasteiger partial charge in [0.05, 0.1) is 4.88 Å². The van der Waals surface area contributed by atoms with Crippen LogP contribution in [0.2, 0.25) is 0 Å². The predicted molar refractivity (Wildman–Crippen MR) is 122 cm³/mol. The smallest absolute Gasteiger partial charge is 0.267 e. The molecule has 4 aromatic rings. The molecule has 0 radical (unpaired) electrons. The number of benzene rings is 2. The Bertz CT molecular complexity index is 1200. The van der Waals surface area contributed by atoms with E-state index in [4.69, 9.17) is 16.6 Å². The zero-order valence-corrected chi connectivity index (χ0v) is 17.6. The van der Waals surface area contributed by atoms with Crippen LogP contribution >= 0.6 is 23.6 Å². The molecule has 5 nitrogen and oxygen atoms in total. The summed E-state index contributed by atoms with van der Waals surface area (Å²) in [5.41, 5.74) is 5.43. The Morgan fingerprint density at radius 3 is 2.83 bits per heavy atom. The molecule has 0 saturated heterocycles. The van der Waals surface area contributed by atoms with Crippen LogP contribution in [0.1, 0.15) is 27.7 Å². The van der Waals surface area contributed by atoms with Gasteiger partial charge in [0.25, 0.3) is 5.91 Å². The lowest BCUT2D eigenvalue weighted by atomic mass is 10.1. The highest BCUT2D eigenvalue weighted by atomic mass is 32.1. The summed E-state index contributed by atoms with van der Waals surface area (Å²) in [4.78, 5) is 17.4. The van der Waals surface area contributed by atoms with Crippen molar-refractivity contribution in [2.75, 3.05) is 5.32 Å². The number of carbonyl (C=O) groups excluding carboxylic acids is 1. The van der Waals surface area contributed by atoms with Crippen LogP contribution in [-0.4, -0.2) is 16.0 Å². The maximum atomic E-state index is 12.2. The van der Waals surface area contributed by atoms with Crippen molar-refractivity contribution < 1.29 is 9.21 Å². The van der Waals surface area contributed by atoms with Crippen LogP contribution in [0.5, 0.6) is 0 Å². The van der Waals surface area contributed by atoms with Crippen LogP contribution < -0.4 is 10.6 Å². The number of amides is 1. The molecule has 0 aliphatic carbocycles. The van der Waals surface area contributed by atoms with Gasteiger partial charge in [-0.25, -0.2) is 4.98 Å². The van der Waals surface area contributed by atoms with E-state index in [-0.39, 0.29) is 11.0 Å². The third-order valence-corrected chi connectivity index (χ3v) is 5.64. The molecule has 0 aliphatic rings. The Labute approximate surface area is 177 Å². The molecule has 4 rings (SSSR count). The fourth-order valence-electron chi connectivity index (χ4n) is 2.93. The second kappa shape index (κ2) is 8.14. The van der Waals surface area contributed by atoms with Gasteiger partial charge in [-0.3, -0.25) is 10.1 Å². The highest BCUT2D eigenvalue weighted by Gasteiger charge is 2.13. The maximum Gasteiger partial charge on any atom is 0.267 e. The quantitative estimate of drug-likeness (QED) is 0.423. The van der Waals surface area contributed by atoms with Crippen LogP contribution in [0.4, 0.5) is 5.69 Å². The van der Waals surface area contributed by atoms with Gasteiger partial charge in [0.15, 0.2) is 10.7 Å². The van der Waals surface area contributed by atoms with Gasteiger partial charge in [0.1, 0.15) is 5.52 Å². The molecule has 1 amide bonds. The number of nitrogens with zero attached hydrogens (tertiary/aromatic N) is 1. The summed E-state index contributed by atoms with van der Waals surface area (Å²) < 4.78 is 5.93. The van der Waals surface area contributed by atoms with Gasteiger partial charge >= 0.3 is 0 Å². The summed E-state index contributed by atoms with van der Waals surface area (Å²) in [6, 6.07) is 15.5. The molecule has 0 unspecified atom stereocenters.